The van der Waals surface area contributed by atoms with Gasteiger partial charge in [-0.3, -0.25) is 62.8 Å². The van der Waals surface area contributed by atoms with E-state index in [1.165, 1.54) is 18.2 Å². The summed E-state index contributed by atoms with van der Waals surface area (Å²) in [6.07, 6.45) is 20.6. The minimum absolute atomic E-state index is 0.0410. The fourth-order valence-corrected chi connectivity index (χ4v) is 11.7. The molecule has 16 rings (SSSR count). The Morgan fingerprint density at radius 3 is 1.43 bits per heavy atom. The van der Waals surface area contributed by atoms with Crippen molar-refractivity contribution in [3.8, 4) is 44.8 Å². The van der Waals surface area contributed by atoms with Gasteiger partial charge in [-0.05, 0) is 77.4 Å². The molecule has 21 nitrogen and oxygen atoms in total. The van der Waals surface area contributed by atoms with Gasteiger partial charge in [-0.2, -0.15) is 20.4 Å². The summed E-state index contributed by atoms with van der Waals surface area (Å²) in [5, 5.41) is 16.4. The molecule has 0 saturated heterocycles. The summed E-state index contributed by atoms with van der Waals surface area (Å²) in [7, 11) is 7.30. The average Bonchev–Trinajstić information content (AvgIpc) is 1.74. The SMILES string of the molecule is Cn1cc(-c2ccc(CN3Cc4ccccc4C3=O)cn2)cn1.Cn1cc(-c2cnc(CN3Cc4cccnc4C3=O)c(F)c2)cn1.Cn1cc(-c2cnc(CN3Cc4ncccc4C3=O)c(F)c2)cn1.Cn1nccc1-c1ccc(CN2Cc3ccccc3C2=O)c(F)c1. The number of benzene rings is 3. The Kier molecular flexibility index (Phi) is 17.3. The van der Waals surface area contributed by atoms with Crippen molar-refractivity contribution in [2.75, 3.05) is 0 Å². The maximum Gasteiger partial charge on any atom is 0.273 e. The zero-order chi connectivity index (χ0) is 65.9. The molecule has 3 aromatic carbocycles. The molecule has 0 radical (unpaired) electrons. The van der Waals surface area contributed by atoms with Crippen molar-refractivity contribution in [1.82, 2.24) is 83.6 Å². The number of fused-ring (bicyclic) bond motifs is 4. The molecule has 13 heterocycles. The topological polar surface area (TPSA) is 217 Å². The molecular weight excluding hydrogens is 1210 g/mol. The minimum atomic E-state index is -0.437. The van der Waals surface area contributed by atoms with E-state index in [0.717, 1.165) is 67.2 Å². The van der Waals surface area contributed by atoms with Crippen molar-refractivity contribution in [1.29, 1.82) is 0 Å². The number of hydrogen-bond donors (Lipinski definition) is 0. The third-order valence-corrected chi connectivity index (χ3v) is 16.6. The zero-order valence-electron chi connectivity index (χ0n) is 52.0. The first kappa shape index (κ1) is 61.8. The predicted octanol–water partition coefficient (Wildman–Crippen LogP) is 10.4. The molecule has 4 aliphatic heterocycles. The van der Waals surface area contributed by atoms with Crippen LogP contribution in [0.1, 0.15) is 86.5 Å². The summed E-state index contributed by atoms with van der Waals surface area (Å²) in [6.45, 7) is 3.08. The van der Waals surface area contributed by atoms with Gasteiger partial charge in [0.15, 0.2) is 0 Å². The summed E-state index contributed by atoms with van der Waals surface area (Å²) in [5.74, 6) is -1.46. The van der Waals surface area contributed by atoms with Gasteiger partial charge in [-0.15, -0.1) is 0 Å². The van der Waals surface area contributed by atoms with Crippen LogP contribution in [0.4, 0.5) is 13.2 Å². The molecule has 95 heavy (non-hydrogen) atoms. The molecular formula is C71H60F3N17O4. The van der Waals surface area contributed by atoms with Gasteiger partial charge in [-0.25, -0.2) is 13.2 Å². The van der Waals surface area contributed by atoms with Gasteiger partial charge in [-0.1, -0.05) is 60.7 Å². The maximum atomic E-state index is 14.5. The molecule has 4 amide bonds. The summed E-state index contributed by atoms with van der Waals surface area (Å²) in [4.78, 5) is 77.2. The minimum Gasteiger partial charge on any atom is -0.330 e. The third kappa shape index (κ3) is 13.4. The molecule has 0 atom stereocenters. The van der Waals surface area contributed by atoms with Gasteiger partial charge in [0, 0.05) is 172 Å². The van der Waals surface area contributed by atoms with E-state index in [4.69, 9.17) is 0 Å². The van der Waals surface area contributed by atoms with Crippen LogP contribution in [0.5, 0.6) is 0 Å². The van der Waals surface area contributed by atoms with Crippen LogP contribution in [0.15, 0.2) is 196 Å². The largest absolute Gasteiger partial charge is 0.330 e. The van der Waals surface area contributed by atoms with E-state index in [1.807, 2.05) is 110 Å². The fourth-order valence-electron chi connectivity index (χ4n) is 11.7. The van der Waals surface area contributed by atoms with Gasteiger partial charge in [0.1, 0.15) is 23.1 Å². The second-order valence-corrected chi connectivity index (χ2v) is 23.2. The number of rotatable bonds is 12. The number of pyridine rings is 5. The number of aryl methyl sites for hydroxylation is 4. The number of carbonyl (C=O) groups excluding carboxylic acids is 4. The summed E-state index contributed by atoms with van der Waals surface area (Å²) < 4.78 is 50.1. The normalized spacial score (nSPS) is 13.4. The van der Waals surface area contributed by atoms with Crippen molar-refractivity contribution < 1.29 is 32.3 Å². The highest BCUT2D eigenvalue weighted by atomic mass is 19.1. The zero-order valence-corrected chi connectivity index (χ0v) is 52.0. The smallest absolute Gasteiger partial charge is 0.273 e. The van der Waals surface area contributed by atoms with Crippen molar-refractivity contribution in [3.63, 3.8) is 0 Å². The van der Waals surface area contributed by atoms with Crippen LogP contribution >= 0.6 is 0 Å². The van der Waals surface area contributed by atoms with Gasteiger partial charge >= 0.3 is 0 Å². The fraction of sp³-hybridized carbons (Fsp3) is 0.169. The molecule has 0 fully saturated rings. The van der Waals surface area contributed by atoms with Crippen LogP contribution in [0.2, 0.25) is 0 Å². The Bertz CT molecular complexity index is 4730. The van der Waals surface area contributed by atoms with Crippen LogP contribution in [-0.2, 0) is 80.5 Å². The lowest BCUT2D eigenvalue weighted by atomic mass is 10.1. The third-order valence-electron chi connectivity index (χ3n) is 16.6. The molecule has 0 spiro atoms. The molecule has 0 saturated carbocycles. The Hall–Kier alpha value is -12.1. The van der Waals surface area contributed by atoms with Crippen LogP contribution in [0.25, 0.3) is 44.8 Å². The van der Waals surface area contributed by atoms with Crippen molar-refractivity contribution in [3.05, 3.63) is 280 Å². The monoisotopic (exact) mass is 1270 g/mol. The second kappa shape index (κ2) is 26.6. The van der Waals surface area contributed by atoms with Crippen LogP contribution in [0.3, 0.4) is 0 Å². The molecule has 474 valence electrons. The number of carbonyl (C=O) groups is 4. The molecule has 0 unspecified atom stereocenters. The van der Waals surface area contributed by atoms with E-state index in [1.54, 1.807) is 134 Å². The van der Waals surface area contributed by atoms with Crippen molar-refractivity contribution >= 4 is 23.6 Å². The van der Waals surface area contributed by atoms with Crippen molar-refractivity contribution in [2.45, 2.75) is 52.4 Å². The molecule has 9 aromatic heterocycles. The summed E-state index contributed by atoms with van der Waals surface area (Å²) in [5.41, 5.74) is 14.6. The van der Waals surface area contributed by atoms with Gasteiger partial charge in [0.25, 0.3) is 23.6 Å². The molecule has 12 aromatic rings. The lowest BCUT2D eigenvalue weighted by molar-refractivity contribution is 0.0753. The Morgan fingerprint density at radius 1 is 0.389 bits per heavy atom. The van der Waals surface area contributed by atoms with E-state index >= 15 is 0 Å². The Balaban J connectivity index is 0.000000115. The van der Waals surface area contributed by atoms with Crippen LogP contribution < -0.4 is 0 Å². The van der Waals surface area contributed by atoms with Crippen LogP contribution in [0, 0.1) is 17.5 Å². The molecule has 24 heteroatoms. The highest BCUT2D eigenvalue weighted by Crippen LogP contribution is 2.31. The van der Waals surface area contributed by atoms with E-state index in [0.29, 0.717) is 66.2 Å². The number of halogens is 3. The Morgan fingerprint density at radius 2 is 0.905 bits per heavy atom. The van der Waals surface area contributed by atoms with Gasteiger partial charge in [0.05, 0.1) is 72.3 Å². The second-order valence-electron chi connectivity index (χ2n) is 23.2. The highest BCUT2D eigenvalue weighted by Gasteiger charge is 2.32. The molecule has 0 N–H and O–H groups in total. The molecule has 0 aliphatic carbocycles. The average molecular weight is 1270 g/mol. The highest BCUT2D eigenvalue weighted by molar-refractivity contribution is 5.99. The number of hydrogen-bond acceptors (Lipinski definition) is 13. The number of amides is 4. The van der Waals surface area contributed by atoms with Gasteiger partial charge in [0.2, 0.25) is 0 Å². The summed E-state index contributed by atoms with van der Waals surface area (Å²) >= 11 is 0. The lowest BCUT2D eigenvalue weighted by Gasteiger charge is -2.16. The first-order valence-electron chi connectivity index (χ1n) is 30.3. The number of aromatic nitrogens is 13. The summed E-state index contributed by atoms with van der Waals surface area (Å²) in [6, 6.07) is 36.2. The predicted molar refractivity (Wildman–Crippen MR) is 344 cm³/mol. The molecule has 4 aliphatic rings. The lowest BCUT2D eigenvalue weighted by Crippen LogP contribution is -2.24. The van der Waals surface area contributed by atoms with Crippen LogP contribution in [-0.4, -0.2) is 107 Å². The standard InChI is InChI=1S/C19H16FN3O.C18H16N4O.2C17H14FN5O/c1-22-18(8-9-21-22)13-6-7-15(17(20)10-13)12-23-11-14-4-2-3-5-16(14)19(23)24;1-21-11-15(9-20-21)17-7-6-13(8-19-17)10-22-12-14-4-2-3-5-16(14)18(22)23;1-22-8-12(7-21-22)11-5-14(18)16(20-6-11)10-23-9-15-13(17(23)24)3-2-4-19-15;1-22-8-13(7-21-22)12-5-14(18)15(20-6-12)10-23-9-11-3-2-4-19-16(11)17(23)24/h2-10H,11-12H2,1H3;2-9,11H,10,12H2,1H3;2*2-8H,9-10H2,1H3. The number of nitrogens with zero attached hydrogens (tertiary/aromatic N) is 17. The van der Waals surface area contributed by atoms with E-state index in [-0.39, 0.29) is 60.5 Å². The maximum absolute atomic E-state index is 14.5. The quantitative estimate of drug-likeness (QED) is 0.111. The van der Waals surface area contributed by atoms with Crippen molar-refractivity contribution in [2.24, 2.45) is 28.2 Å². The first-order chi connectivity index (χ1) is 46.1. The van der Waals surface area contributed by atoms with E-state index < -0.39 is 11.6 Å². The van der Waals surface area contributed by atoms with E-state index in [2.05, 4.69) is 45.3 Å². The first-order valence-corrected chi connectivity index (χ1v) is 30.3. The molecule has 0 bridgehead atoms. The van der Waals surface area contributed by atoms with Gasteiger partial charge < -0.3 is 19.6 Å². The Labute approximate surface area is 543 Å². The van der Waals surface area contributed by atoms with E-state index in [9.17, 15) is 32.3 Å².